The maximum absolute atomic E-state index is 4.72. The largest absolute Gasteiger partial charge is 0.394 e. The predicted molar refractivity (Wildman–Crippen MR) is 51.5 cm³/mol. The zero-order valence-corrected chi connectivity index (χ0v) is 10.5. The van der Waals surface area contributed by atoms with E-state index in [4.69, 9.17) is 13.2 Å². The van der Waals surface area contributed by atoms with E-state index in [0.29, 0.717) is 0 Å². The number of hydrogen-bond acceptors (Lipinski definition) is 0. The first-order valence-corrected chi connectivity index (χ1v) is 3.73. The van der Waals surface area contributed by atoms with E-state index in [9.17, 15) is 0 Å². The Morgan fingerprint density at radius 1 is 1.00 bits per heavy atom. The number of hydrogen-bond donors (Lipinski definition) is 0. The van der Waals surface area contributed by atoms with Crippen molar-refractivity contribution in [2.45, 2.75) is 21.3 Å². The third-order valence-electron chi connectivity index (χ3n) is 0.111. The summed E-state index contributed by atoms with van der Waals surface area (Å²) in [4.78, 5) is 0. The van der Waals surface area contributed by atoms with Crippen LogP contribution in [0.25, 0.3) is 0 Å². The molecule has 0 rings (SSSR count). The third-order valence-corrected chi connectivity index (χ3v) is 0.111. The first-order chi connectivity index (χ1) is 3.91. The summed E-state index contributed by atoms with van der Waals surface area (Å²) in [7, 11) is 2.42. The molecule has 0 N–H and O–H groups in total. The van der Waals surface area contributed by atoms with Crippen molar-refractivity contribution in [1.29, 1.82) is 0 Å². The second-order valence-corrected chi connectivity index (χ2v) is 0.385. The molecule has 0 aromatic heterocycles. The van der Waals surface area contributed by atoms with Crippen LogP contribution in [0.4, 0.5) is 0 Å². The third kappa shape index (κ3) is 143. The first kappa shape index (κ1) is 30.5. The van der Waals surface area contributed by atoms with Gasteiger partial charge in [0.1, 0.15) is 0 Å². The van der Waals surface area contributed by atoms with Gasteiger partial charge in [0.05, 0.1) is 0 Å². The number of rotatable bonds is 1. The van der Waals surface area contributed by atoms with Crippen LogP contribution >= 0.6 is 9.24 Å². The van der Waals surface area contributed by atoms with Gasteiger partial charge in [-0.25, -0.2) is 0 Å². The molecule has 0 fully saturated rings. The molecular weight excluding hydrogens is 216 g/mol. The van der Waals surface area contributed by atoms with Crippen molar-refractivity contribution in [3.63, 3.8) is 0 Å². The van der Waals surface area contributed by atoms with Gasteiger partial charge in [-0.2, -0.15) is 0 Å². The van der Waals surface area contributed by atoms with Crippen LogP contribution in [0.1, 0.15) is 21.3 Å². The van der Waals surface area contributed by atoms with Gasteiger partial charge >= 0.3 is 0 Å². The molecule has 0 heterocycles. The summed E-state index contributed by atoms with van der Waals surface area (Å²) in [5.74, 6) is 0. The Kier molecular flexibility index (Phi) is 274. The SMILES string of the molecule is C.CC.CP.[CH-]=CC=[CH-].[Y]. The Balaban J connectivity index is -0.0000000125. The monoisotopic (exact) mass is 235 g/mol. The fourth-order valence-corrected chi connectivity index (χ4v) is 0. The summed E-state index contributed by atoms with van der Waals surface area (Å²) in [6.45, 7) is 15.4. The summed E-state index contributed by atoms with van der Waals surface area (Å²) in [5.41, 5.74) is 0. The molecule has 0 aliphatic rings. The van der Waals surface area contributed by atoms with Gasteiger partial charge < -0.3 is 25.3 Å². The Bertz CT molecular complexity index is 30.2. The molecule has 0 aromatic carbocycles. The van der Waals surface area contributed by atoms with Crippen LogP contribution in [0, 0.1) is 13.2 Å². The molecule has 0 bridgehead atoms. The van der Waals surface area contributed by atoms with Gasteiger partial charge in [-0.15, -0.1) is 9.24 Å². The predicted octanol–water partition coefficient (Wildman–Crippen LogP) is 3.12. The Morgan fingerprint density at radius 2 is 1.10 bits per heavy atom. The van der Waals surface area contributed by atoms with Crippen LogP contribution in [-0.2, 0) is 32.7 Å². The molecule has 0 saturated carbocycles. The van der Waals surface area contributed by atoms with Crippen molar-refractivity contribution < 1.29 is 32.7 Å². The van der Waals surface area contributed by atoms with E-state index in [-0.39, 0.29) is 40.1 Å². The van der Waals surface area contributed by atoms with Crippen molar-refractivity contribution in [1.82, 2.24) is 0 Å². The zero-order valence-electron chi connectivity index (χ0n) is 6.46. The van der Waals surface area contributed by atoms with E-state index >= 15 is 0 Å². The van der Waals surface area contributed by atoms with Gasteiger partial charge in [0, 0.05) is 32.7 Å². The molecule has 61 valence electrons. The van der Waals surface area contributed by atoms with Crippen LogP contribution in [0.5, 0.6) is 0 Å². The number of allylic oxidation sites excluding steroid dienone is 2. The zero-order chi connectivity index (χ0) is 7.41. The smallest absolute Gasteiger partial charge is 0 e. The fourth-order valence-electron chi connectivity index (χ4n) is 0. The van der Waals surface area contributed by atoms with E-state index in [0.717, 1.165) is 0 Å². The molecule has 1 radical (unpaired) electrons. The molecule has 2 heteroatoms. The van der Waals surface area contributed by atoms with Gasteiger partial charge in [0.2, 0.25) is 0 Å². The first-order valence-electron chi connectivity index (χ1n) is 2.58. The summed E-state index contributed by atoms with van der Waals surface area (Å²) < 4.78 is 0. The van der Waals surface area contributed by atoms with E-state index in [1.165, 1.54) is 12.2 Å². The quantitative estimate of drug-likeness (QED) is 0.372. The van der Waals surface area contributed by atoms with Gasteiger partial charge in [0.15, 0.2) is 0 Å². The molecule has 1 atom stereocenters. The van der Waals surface area contributed by atoms with Crippen molar-refractivity contribution in [2.24, 2.45) is 0 Å². The van der Waals surface area contributed by atoms with Gasteiger partial charge in [-0.05, 0) is 0 Å². The maximum Gasteiger partial charge on any atom is 0 e. The van der Waals surface area contributed by atoms with Gasteiger partial charge in [-0.3, -0.25) is 0 Å². The Morgan fingerprint density at radius 3 is 1.10 bits per heavy atom. The molecular formula is C8H19PY-2. The van der Waals surface area contributed by atoms with Crippen LogP contribution in [0.2, 0.25) is 0 Å². The van der Waals surface area contributed by atoms with Gasteiger partial charge in [-0.1, -0.05) is 27.9 Å². The van der Waals surface area contributed by atoms with Crippen molar-refractivity contribution >= 4 is 9.24 Å². The van der Waals surface area contributed by atoms with Crippen molar-refractivity contribution in [2.75, 3.05) is 6.66 Å². The molecule has 0 spiro atoms. The minimum atomic E-state index is 0. The van der Waals surface area contributed by atoms with E-state index in [1.807, 2.05) is 20.5 Å². The topological polar surface area (TPSA) is 0 Å². The van der Waals surface area contributed by atoms with E-state index in [1.54, 1.807) is 0 Å². The molecule has 0 amide bonds. The molecule has 0 aromatic rings. The van der Waals surface area contributed by atoms with E-state index < -0.39 is 0 Å². The van der Waals surface area contributed by atoms with Crippen molar-refractivity contribution in [3.8, 4) is 0 Å². The van der Waals surface area contributed by atoms with Crippen LogP contribution in [-0.4, -0.2) is 6.66 Å². The summed E-state index contributed by atoms with van der Waals surface area (Å²) >= 11 is 0. The molecule has 0 aliphatic heterocycles. The average Bonchev–Trinajstić information content (AvgIpc) is 1.96. The van der Waals surface area contributed by atoms with Gasteiger partial charge in [0.25, 0.3) is 0 Å². The normalized spacial score (nSPS) is 3.20. The standard InChI is InChI=1S/C4H4.C2H6.CH5P.CH4.Y/c1-3-4-2;2*1-2;;/h1-4H;1-2H3;2H2,1H3;1H4;/q-2;;;;. The molecule has 1 unspecified atom stereocenters. The minimum Gasteiger partial charge on any atom is -0.394 e. The molecule has 0 saturated heterocycles. The van der Waals surface area contributed by atoms with Crippen LogP contribution < -0.4 is 0 Å². The summed E-state index contributed by atoms with van der Waals surface area (Å²) in [5, 5.41) is 0. The Hall–Kier alpha value is 1.01. The summed E-state index contributed by atoms with van der Waals surface area (Å²) in [6, 6.07) is 0. The molecule has 0 aliphatic carbocycles. The van der Waals surface area contributed by atoms with Crippen LogP contribution in [0.15, 0.2) is 12.2 Å². The second kappa shape index (κ2) is 89.6. The fraction of sp³-hybridized carbons (Fsp3) is 0.500. The summed E-state index contributed by atoms with van der Waals surface area (Å²) in [6.07, 6.45) is 2.56. The van der Waals surface area contributed by atoms with E-state index in [2.05, 4.69) is 9.24 Å². The Labute approximate surface area is 94.6 Å². The average molecular weight is 235 g/mol. The molecule has 10 heavy (non-hydrogen) atoms. The minimum absolute atomic E-state index is 0. The molecule has 0 nitrogen and oxygen atoms in total. The van der Waals surface area contributed by atoms with Crippen molar-refractivity contribution in [3.05, 3.63) is 25.3 Å². The maximum atomic E-state index is 4.72. The van der Waals surface area contributed by atoms with Crippen LogP contribution in [0.3, 0.4) is 0 Å². The second-order valence-electron chi connectivity index (χ2n) is 0.385.